The Kier molecular flexibility index (Phi) is 9.14. The molecule has 5 heteroatoms. The summed E-state index contributed by atoms with van der Waals surface area (Å²) in [7, 11) is 0. The van der Waals surface area contributed by atoms with E-state index in [-0.39, 0.29) is 0 Å². The van der Waals surface area contributed by atoms with Crippen LogP contribution in [0.3, 0.4) is 0 Å². The molecule has 0 amide bonds. The quantitative estimate of drug-likeness (QED) is 0.579. The van der Waals surface area contributed by atoms with Gasteiger partial charge in [0.15, 0.2) is 4.67 Å². The normalized spacial score (nSPS) is 12.7. The van der Waals surface area contributed by atoms with Crippen molar-refractivity contribution in [1.82, 2.24) is 0 Å². The molecular weight excluding hydrogens is 263 g/mol. The van der Waals surface area contributed by atoms with Crippen molar-refractivity contribution in [2.75, 3.05) is 18.1 Å². The molecule has 0 fully saturated rings. The third-order valence-electron chi connectivity index (χ3n) is 1.42. The first-order chi connectivity index (χ1) is 6.89. The summed E-state index contributed by atoms with van der Waals surface area (Å²) in [4.78, 5) is 0. The minimum atomic E-state index is -1.66. The van der Waals surface area contributed by atoms with Crippen LogP contribution < -0.4 is 0 Å². The average molecular weight is 286 g/mol. The van der Waals surface area contributed by atoms with Gasteiger partial charge >= 0.3 is 0 Å². The van der Waals surface area contributed by atoms with Gasteiger partial charge in [-0.1, -0.05) is 50.5 Å². The molecule has 92 valence electrons. The number of rotatable bonds is 8. The summed E-state index contributed by atoms with van der Waals surface area (Å²) in [5, 5.41) is 0. The van der Waals surface area contributed by atoms with Crippen LogP contribution in [-0.2, 0) is 16.3 Å². The van der Waals surface area contributed by atoms with Crippen molar-refractivity contribution in [2.45, 2.75) is 34.6 Å². The Hall–Kier alpha value is 1.31. The van der Waals surface area contributed by atoms with Crippen LogP contribution in [0.5, 0.6) is 0 Å². The van der Waals surface area contributed by atoms with Crippen LogP contribution in [-0.4, -0.2) is 18.1 Å². The van der Waals surface area contributed by atoms with Crippen LogP contribution >= 0.6 is 27.4 Å². The lowest BCUT2D eigenvalue weighted by molar-refractivity contribution is 0.393. The second kappa shape index (κ2) is 8.41. The Morgan fingerprint density at radius 1 is 1.07 bits per heavy atom. The zero-order valence-electron chi connectivity index (χ0n) is 10.4. The summed E-state index contributed by atoms with van der Waals surface area (Å²) in [6.45, 7) is 11.7. The van der Waals surface area contributed by atoms with Crippen LogP contribution in [0, 0.1) is 11.8 Å². The maximum absolute atomic E-state index is 5.78. The van der Waals surface area contributed by atoms with Gasteiger partial charge in [-0.05, 0) is 30.6 Å². The molecule has 0 spiro atoms. The standard InChI is InChI=1S/C10H23OPS3/c1-6-11-12(13,14-7-9(2)3)15-8-10(4)5/h9-10H,6-8H2,1-5H3. The minimum Gasteiger partial charge on any atom is -0.334 e. The largest absolute Gasteiger partial charge is 0.334 e. The van der Waals surface area contributed by atoms with Crippen molar-refractivity contribution in [3.05, 3.63) is 0 Å². The Morgan fingerprint density at radius 2 is 1.47 bits per heavy atom. The molecule has 0 aliphatic heterocycles. The van der Waals surface area contributed by atoms with Crippen molar-refractivity contribution in [2.24, 2.45) is 11.8 Å². The van der Waals surface area contributed by atoms with Crippen LogP contribution in [0.25, 0.3) is 0 Å². The van der Waals surface area contributed by atoms with Crippen molar-refractivity contribution in [3.8, 4) is 0 Å². The van der Waals surface area contributed by atoms with E-state index < -0.39 is 4.67 Å². The zero-order chi connectivity index (χ0) is 11.9. The molecule has 0 heterocycles. The van der Waals surface area contributed by atoms with Crippen molar-refractivity contribution < 1.29 is 4.52 Å². The van der Waals surface area contributed by atoms with Gasteiger partial charge in [0, 0.05) is 11.5 Å². The molecule has 0 bridgehead atoms. The first-order valence-electron chi connectivity index (χ1n) is 5.43. The molecule has 0 radical (unpaired) electrons. The Labute approximate surface area is 108 Å². The van der Waals surface area contributed by atoms with Crippen molar-refractivity contribution in [3.63, 3.8) is 0 Å². The lowest BCUT2D eigenvalue weighted by atomic mass is 10.3. The monoisotopic (exact) mass is 286 g/mol. The molecule has 0 saturated heterocycles. The molecule has 0 aromatic carbocycles. The van der Waals surface area contributed by atoms with Gasteiger partial charge in [0.1, 0.15) is 0 Å². The maximum Gasteiger partial charge on any atom is 0.174 e. The van der Waals surface area contributed by atoms with E-state index in [0.29, 0.717) is 11.8 Å². The molecule has 0 rings (SSSR count). The highest BCUT2D eigenvalue weighted by Crippen LogP contribution is 2.70. The fourth-order valence-corrected chi connectivity index (χ4v) is 9.62. The van der Waals surface area contributed by atoms with Crippen LogP contribution in [0.15, 0.2) is 0 Å². The van der Waals surface area contributed by atoms with Gasteiger partial charge in [0.25, 0.3) is 0 Å². The van der Waals surface area contributed by atoms with Gasteiger partial charge < -0.3 is 4.52 Å². The van der Waals surface area contributed by atoms with Crippen molar-refractivity contribution >= 4 is 39.2 Å². The Balaban J connectivity index is 4.12. The molecule has 0 N–H and O–H groups in total. The second-order valence-electron chi connectivity index (χ2n) is 4.24. The number of hydrogen-bond acceptors (Lipinski definition) is 4. The summed E-state index contributed by atoms with van der Waals surface area (Å²) in [5.41, 5.74) is 0. The summed E-state index contributed by atoms with van der Waals surface area (Å²) in [6, 6.07) is 0. The Morgan fingerprint density at radius 3 is 1.73 bits per heavy atom. The van der Waals surface area contributed by atoms with Gasteiger partial charge in [-0.2, -0.15) is 0 Å². The predicted octanol–water partition coefficient (Wildman–Crippen LogP) is 5.03. The molecule has 15 heavy (non-hydrogen) atoms. The maximum atomic E-state index is 5.78. The highest BCUT2D eigenvalue weighted by atomic mass is 33.2. The van der Waals surface area contributed by atoms with E-state index in [4.69, 9.17) is 16.3 Å². The predicted molar refractivity (Wildman–Crippen MR) is 80.5 cm³/mol. The third kappa shape index (κ3) is 9.05. The van der Waals surface area contributed by atoms with E-state index in [1.54, 1.807) is 0 Å². The van der Waals surface area contributed by atoms with Crippen LogP contribution in [0.1, 0.15) is 34.6 Å². The molecular formula is C10H23OPS3. The minimum absolute atomic E-state index is 0.692. The second-order valence-corrected chi connectivity index (χ2v) is 14.8. The topological polar surface area (TPSA) is 9.23 Å². The summed E-state index contributed by atoms with van der Waals surface area (Å²) in [6.07, 6.45) is 0. The highest BCUT2D eigenvalue weighted by Gasteiger charge is 2.19. The summed E-state index contributed by atoms with van der Waals surface area (Å²) < 4.78 is 4.12. The SMILES string of the molecule is CCOP(=S)(SCC(C)C)SCC(C)C. The van der Waals surface area contributed by atoms with Gasteiger partial charge in [-0.15, -0.1) is 0 Å². The molecule has 0 aromatic rings. The first kappa shape index (κ1) is 16.3. The van der Waals surface area contributed by atoms with E-state index in [1.807, 2.05) is 29.7 Å². The number of hydrogen-bond donors (Lipinski definition) is 0. The third-order valence-corrected chi connectivity index (χ3v) is 11.8. The lowest BCUT2D eigenvalue weighted by Gasteiger charge is -2.21. The van der Waals surface area contributed by atoms with Crippen LogP contribution in [0.4, 0.5) is 0 Å². The molecule has 0 unspecified atom stereocenters. The van der Waals surface area contributed by atoms with Gasteiger partial charge in [-0.25, -0.2) is 0 Å². The highest BCUT2D eigenvalue weighted by molar-refractivity contribution is 8.99. The Bertz CT molecular complexity index is 191. The van der Waals surface area contributed by atoms with Gasteiger partial charge in [0.2, 0.25) is 0 Å². The summed E-state index contributed by atoms with van der Waals surface area (Å²) in [5.74, 6) is 3.61. The lowest BCUT2D eigenvalue weighted by Crippen LogP contribution is -1.94. The van der Waals surface area contributed by atoms with E-state index >= 15 is 0 Å². The van der Waals surface area contributed by atoms with Gasteiger partial charge in [0.05, 0.1) is 6.61 Å². The zero-order valence-corrected chi connectivity index (χ0v) is 13.7. The van der Waals surface area contributed by atoms with E-state index in [2.05, 4.69) is 27.7 Å². The van der Waals surface area contributed by atoms with Crippen molar-refractivity contribution in [1.29, 1.82) is 0 Å². The molecule has 0 aliphatic carbocycles. The smallest absolute Gasteiger partial charge is 0.174 e. The van der Waals surface area contributed by atoms with E-state index in [0.717, 1.165) is 18.1 Å². The van der Waals surface area contributed by atoms with E-state index in [9.17, 15) is 0 Å². The van der Waals surface area contributed by atoms with Gasteiger partial charge in [-0.3, -0.25) is 0 Å². The molecule has 0 atom stereocenters. The fraction of sp³-hybridized carbons (Fsp3) is 1.00. The molecule has 1 nitrogen and oxygen atoms in total. The van der Waals surface area contributed by atoms with E-state index in [1.165, 1.54) is 0 Å². The first-order valence-corrected chi connectivity index (χ1v) is 11.3. The molecule has 0 saturated carbocycles. The summed E-state index contributed by atoms with van der Waals surface area (Å²) >= 11 is 9.38. The fourth-order valence-electron chi connectivity index (χ4n) is 0.751. The van der Waals surface area contributed by atoms with Crippen LogP contribution in [0.2, 0.25) is 0 Å². The molecule has 0 aliphatic rings. The molecule has 0 aromatic heterocycles. The average Bonchev–Trinajstić information content (AvgIpc) is 2.13.